The number of aliphatic carboxylic acids is 2. The second kappa shape index (κ2) is 10.6. The largest absolute Gasteiger partial charge is 0.481 e. The van der Waals surface area contributed by atoms with E-state index in [2.05, 4.69) is 0 Å². The molecule has 1 saturated heterocycles. The van der Waals surface area contributed by atoms with Crippen molar-refractivity contribution in [3.63, 3.8) is 0 Å². The van der Waals surface area contributed by atoms with Gasteiger partial charge < -0.3 is 19.7 Å². The van der Waals surface area contributed by atoms with Gasteiger partial charge in [0.05, 0.1) is 31.7 Å². The number of carbonyl (C=O) groups excluding carboxylic acids is 1. The molecule has 1 aliphatic heterocycles. The average Bonchev–Trinajstić information content (AvgIpc) is 3.53. The molecule has 1 aromatic rings. The van der Waals surface area contributed by atoms with E-state index in [0.29, 0.717) is 19.8 Å². The maximum Gasteiger partial charge on any atom is 0.336 e. The highest BCUT2D eigenvalue weighted by atomic mass is 16.6. The number of ether oxygens (including phenoxy) is 2. The van der Waals surface area contributed by atoms with Gasteiger partial charge in [-0.2, -0.15) is 0 Å². The number of hydrogen-bond acceptors (Lipinski definition) is 8. The minimum atomic E-state index is -1.25. The number of epoxide rings is 1. The van der Waals surface area contributed by atoms with Crippen LogP contribution in [0.25, 0.3) is 0 Å². The predicted octanol–water partition coefficient (Wildman–Crippen LogP) is -0.988. The van der Waals surface area contributed by atoms with Crippen molar-refractivity contribution in [2.75, 3.05) is 6.61 Å². The molecule has 0 amide bonds. The molecule has 1 aromatic heterocycles. The van der Waals surface area contributed by atoms with Gasteiger partial charge in [-0.25, -0.2) is 28.1 Å². The first-order valence-electron chi connectivity index (χ1n) is 10.9. The molecule has 1 aliphatic carbocycles. The highest BCUT2D eigenvalue weighted by molar-refractivity contribution is 5.69. The third-order valence-electron chi connectivity index (χ3n) is 5.84. The molecule has 1 saturated carbocycles. The maximum absolute atomic E-state index is 12.6. The summed E-state index contributed by atoms with van der Waals surface area (Å²) in [5.41, 5.74) is -3.09. The number of carboxylic acids is 2. The first-order valence-corrected chi connectivity index (χ1v) is 10.9. The molecule has 13 nitrogen and oxygen atoms in total. The second-order valence-electron chi connectivity index (χ2n) is 8.27. The summed E-state index contributed by atoms with van der Waals surface area (Å²) < 4.78 is 12.6. The lowest BCUT2D eigenvalue weighted by atomic mass is 9.90. The summed E-state index contributed by atoms with van der Waals surface area (Å²) in [4.78, 5) is 71.5. The fraction of sp³-hybridized carbons (Fsp3) is 0.700. The van der Waals surface area contributed by atoms with Crippen LogP contribution in [0.15, 0.2) is 14.4 Å². The lowest BCUT2D eigenvalue weighted by molar-refractivity contribution is -0.145. The molecule has 13 heteroatoms. The topological polar surface area (TPSA) is 179 Å². The number of aromatic nitrogens is 3. The zero-order chi connectivity index (χ0) is 24.1. The van der Waals surface area contributed by atoms with Crippen LogP contribution in [0.5, 0.6) is 0 Å². The van der Waals surface area contributed by atoms with Gasteiger partial charge in [-0.05, 0) is 31.6 Å². The van der Waals surface area contributed by atoms with Crippen molar-refractivity contribution in [1.29, 1.82) is 0 Å². The number of nitrogens with zero attached hydrogens (tertiary/aromatic N) is 3. The second-order valence-corrected chi connectivity index (χ2v) is 8.27. The quantitative estimate of drug-likeness (QED) is 0.285. The average molecular weight is 469 g/mol. The molecule has 182 valence electrons. The summed E-state index contributed by atoms with van der Waals surface area (Å²) in [6.07, 6.45) is 2.31. The molecule has 33 heavy (non-hydrogen) atoms. The molecule has 0 aromatic carbocycles. The van der Waals surface area contributed by atoms with E-state index >= 15 is 0 Å². The number of rotatable bonds is 12. The van der Waals surface area contributed by atoms with Crippen molar-refractivity contribution in [2.45, 2.75) is 76.8 Å². The fourth-order valence-electron chi connectivity index (χ4n) is 3.97. The van der Waals surface area contributed by atoms with Crippen molar-refractivity contribution in [2.24, 2.45) is 5.92 Å². The van der Waals surface area contributed by atoms with Crippen LogP contribution >= 0.6 is 0 Å². The molecule has 0 bridgehead atoms. The van der Waals surface area contributed by atoms with E-state index in [9.17, 15) is 28.8 Å². The Labute approximate surface area is 187 Å². The molecule has 0 radical (unpaired) electrons. The van der Waals surface area contributed by atoms with Gasteiger partial charge in [0, 0.05) is 26.1 Å². The number of carboxylic acid groups (broad SMARTS) is 2. The SMILES string of the molecule is O=C(O)CCn1c(=O)n(CCCC(=O)OCC2CCC3OC3C2)c(=O)n(CCC(=O)O)c1=O. The molecule has 2 aliphatic rings. The van der Waals surface area contributed by atoms with Crippen LogP contribution in [0, 0.1) is 5.92 Å². The van der Waals surface area contributed by atoms with Gasteiger partial charge >= 0.3 is 35.0 Å². The molecule has 3 rings (SSSR count). The van der Waals surface area contributed by atoms with Crippen molar-refractivity contribution in [3.8, 4) is 0 Å². The Balaban J connectivity index is 1.64. The van der Waals surface area contributed by atoms with E-state index in [-0.39, 0.29) is 38.0 Å². The van der Waals surface area contributed by atoms with Crippen LogP contribution < -0.4 is 17.1 Å². The van der Waals surface area contributed by atoms with Crippen molar-refractivity contribution < 1.29 is 34.1 Å². The molecule has 0 spiro atoms. The van der Waals surface area contributed by atoms with Gasteiger partial charge in [0.1, 0.15) is 0 Å². The van der Waals surface area contributed by atoms with Gasteiger partial charge in [0.25, 0.3) is 0 Å². The fourth-order valence-corrected chi connectivity index (χ4v) is 3.97. The third-order valence-corrected chi connectivity index (χ3v) is 5.84. The van der Waals surface area contributed by atoms with Crippen molar-refractivity contribution in [1.82, 2.24) is 13.7 Å². The van der Waals surface area contributed by atoms with E-state index < -0.39 is 60.9 Å². The monoisotopic (exact) mass is 469 g/mol. The minimum Gasteiger partial charge on any atom is -0.481 e. The summed E-state index contributed by atoms with van der Waals surface area (Å²) in [7, 11) is 0. The first kappa shape index (κ1) is 24.4. The summed E-state index contributed by atoms with van der Waals surface area (Å²) in [6, 6.07) is 0. The molecule has 2 fully saturated rings. The normalized spacial score (nSPS) is 21.3. The van der Waals surface area contributed by atoms with E-state index in [1.807, 2.05) is 0 Å². The van der Waals surface area contributed by atoms with Gasteiger partial charge in [-0.15, -0.1) is 0 Å². The Hall–Kier alpha value is -3.22. The number of esters is 1. The zero-order valence-corrected chi connectivity index (χ0v) is 18.0. The smallest absolute Gasteiger partial charge is 0.336 e. The Morgan fingerprint density at radius 1 is 0.818 bits per heavy atom. The molecular weight excluding hydrogens is 442 g/mol. The lowest BCUT2D eigenvalue weighted by Crippen LogP contribution is -2.54. The molecular formula is C20H27N3O10. The highest BCUT2D eigenvalue weighted by Crippen LogP contribution is 2.39. The molecule has 2 N–H and O–H groups in total. The van der Waals surface area contributed by atoms with Crippen molar-refractivity contribution in [3.05, 3.63) is 31.5 Å². The zero-order valence-electron chi connectivity index (χ0n) is 18.0. The van der Waals surface area contributed by atoms with E-state index in [1.165, 1.54) is 0 Å². The summed E-state index contributed by atoms with van der Waals surface area (Å²) >= 11 is 0. The van der Waals surface area contributed by atoms with Crippen LogP contribution in [0.4, 0.5) is 0 Å². The molecule has 2 heterocycles. The Morgan fingerprint density at radius 2 is 1.36 bits per heavy atom. The molecule has 3 atom stereocenters. The standard InChI is InChI=1S/C20H27N3O10/c24-15(25)5-8-22-18(29)21(19(30)23(20(22)31)9-6-16(26)27)7-1-2-17(28)32-11-12-3-4-13-14(10-12)33-13/h12-14H,1-11H2,(H,24,25)(H,26,27). The minimum absolute atomic E-state index is 0.0649. The first-order chi connectivity index (χ1) is 15.7. The van der Waals surface area contributed by atoms with E-state index in [0.717, 1.165) is 19.3 Å². The maximum atomic E-state index is 12.6. The Kier molecular flexibility index (Phi) is 7.84. The van der Waals surface area contributed by atoms with E-state index in [4.69, 9.17) is 19.7 Å². The van der Waals surface area contributed by atoms with Gasteiger partial charge in [0.2, 0.25) is 0 Å². The van der Waals surface area contributed by atoms with Gasteiger partial charge in [-0.1, -0.05) is 0 Å². The van der Waals surface area contributed by atoms with E-state index in [1.54, 1.807) is 0 Å². The third kappa shape index (κ3) is 6.40. The number of carbonyl (C=O) groups is 3. The highest BCUT2D eigenvalue weighted by Gasteiger charge is 2.43. The Bertz CT molecular complexity index is 1030. The number of hydrogen-bond donors (Lipinski definition) is 2. The van der Waals surface area contributed by atoms with Gasteiger partial charge in [0.15, 0.2) is 0 Å². The van der Waals surface area contributed by atoms with Gasteiger partial charge in [-0.3, -0.25) is 14.4 Å². The summed E-state index contributed by atoms with van der Waals surface area (Å²) in [5.74, 6) is -2.73. The van der Waals surface area contributed by atoms with Crippen molar-refractivity contribution >= 4 is 17.9 Å². The van der Waals surface area contributed by atoms with Crippen LogP contribution in [0.2, 0.25) is 0 Å². The van der Waals surface area contributed by atoms with Crippen LogP contribution in [-0.2, 0) is 43.5 Å². The predicted molar refractivity (Wildman–Crippen MR) is 110 cm³/mol. The number of fused-ring (bicyclic) bond motifs is 1. The summed E-state index contributed by atoms with van der Waals surface area (Å²) in [6.45, 7) is -0.883. The molecule has 3 unspecified atom stereocenters. The van der Waals surface area contributed by atoms with Crippen LogP contribution in [0.1, 0.15) is 44.9 Å². The van der Waals surface area contributed by atoms with Crippen LogP contribution in [-0.4, -0.2) is 60.6 Å². The Morgan fingerprint density at radius 3 is 1.88 bits per heavy atom. The van der Waals surface area contributed by atoms with Crippen LogP contribution in [0.3, 0.4) is 0 Å². The summed E-state index contributed by atoms with van der Waals surface area (Å²) in [5, 5.41) is 17.7. The lowest BCUT2D eigenvalue weighted by Gasteiger charge is -2.18.